The summed E-state index contributed by atoms with van der Waals surface area (Å²) in [5, 5.41) is 19.2. The number of aromatic hydroxyl groups is 1. The molecule has 0 unspecified atom stereocenters. The number of fused-ring (bicyclic) bond motifs is 1. The van der Waals surface area contributed by atoms with Crippen molar-refractivity contribution >= 4 is 28.6 Å². The van der Waals surface area contributed by atoms with E-state index in [-0.39, 0.29) is 18.7 Å². The van der Waals surface area contributed by atoms with Crippen molar-refractivity contribution in [2.75, 3.05) is 12.4 Å². The van der Waals surface area contributed by atoms with Crippen LogP contribution in [0.4, 0.5) is 4.39 Å². The Balaban J connectivity index is 1.43. The quantitative estimate of drug-likeness (QED) is 0.243. The lowest BCUT2D eigenvalue weighted by Gasteiger charge is -2.32. The standard InChI is InChI=1S/C29H28BFO6S/c31-25-16-20(11-13-26(25)32)15-22(21-7-3-1-4-8-21)12-14-27-29-23(18-36-24-9-5-2-6-10-24)19-38(34,35)28(29)17-30(33)37-27/h1-11,13,15-16,27-28,32-33H,12,14,17-19H2/b22-15-/t27-,28+/m1/s1. The van der Waals surface area contributed by atoms with Gasteiger partial charge in [0.25, 0.3) is 0 Å². The minimum Gasteiger partial charge on any atom is -0.505 e. The normalized spacial score (nSPS) is 20.9. The molecule has 3 aromatic carbocycles. The Labute approximate surface area is 222 Å². The van der Waals surface area contributed by atoms with Crippen LogP contribution in [-0.2, 0) is 14.5 Å². The molecule has 2 aliphatic rings. The summed E-state index contributed by atoms with van der Waals surface area (Å²) < 4.78 is 51.9. The van der Waals surface area contributed by atoms with E-state index in [0.717, 1.165) is 11.1 Å². The highest BCUT2D eigenvalue weighted by Crippen LogP contribution is 2.40. The van der Waals surface area contributed by atoms with Gasteiger partial charge in [0.05, 0.1) is 17.1 Å². The third-order valence-corrected chi connectivity index (χ3v) is 9.00. The van der Waals surface area contributed by atoms with Gasteiger partial charge in [-0.15, -0.1) is 0 Å². The summed E-state index contributed by atoms with van der Waals surface area (Å²) in [5.74, 6) is -0.610. The Morgan fingerprint density at radius 1 is 1.08 bits per heavy atom. The van der Waals surface area contributed by atoms with E-state index in [1.54, 1.807) is 6.07 Å². The second kappa shape index (κ2) is 11.1. The number of rotatable bonds is 8. The highest BCUT2D eigenvalue weighted by molar-refractivity contribution is 7.92. The molecule has 1 saturated heterocycles. The fraction of sp³-hybridized carbons (Fsp3) is 0.241. The van der Waals surface area contributed by atoms with Crippen molar-refractivity contribution in [3.8, 4) is 11.5 Å². The average molecular weight is 534 g/mol. The Hall–Kier alpha value is -3.40. The summed E-state index contributed by atoms with van der Waals surface area (Å²) in [6, 6.07) is 23.0. The predicted molar refractivity (Wildman–Crippen MR) is 146 cm³/mol. The van der Waals surface area contributed by atoms with E-state index >= 15 is 0 Å². The molecular formula is C29H28BFO6S. The monoisotopic (exact) mass is 534 g/mol. The van der Waals surface area contributed by atoms with Gasteiger partial charge in [-0.3, -0.25) is 0 Å². The van der Waals surface area contributed by atoms with E-state index in [1.807, 2.05) is 66.7 Å². The third kappa shape index (κ3) is 5.85. The number of para-hydroxylation sites is 1. The van der Waals surface area contributed by atoms with Crippen LogP contribution in [0.1, 0.15) is 24.0 Å². The van der Waals surface area contributed by atoms with Crippen LogP contribution in [0.5, 0.6) is 11.5 Å². The van der Waals surface area contributed by atoms with Crippen molar-refractivity contribution < 1.29 is 32.3 Å². The van der Waals surface area contributed by atoms with E-state index in [9.17, 15) is 22.9 Å². The van der Waals surface area contributed by atoms with Gasteiger partial charge in [-0.05, 0) is 65.0 Å². The first-order valence-corrected chi connectivity index (χ1v) is 14.2. The molecular weight excluding hydrogens is 506 g/mol. The maximum Gasteiger partial charge on any atom is 0.456 e. The van der Waals surface area contributed by atoms with Gasteiger partial charge in [0.15, 0.2) is 21.4 Å². The fourth-order valence-electron chi connectivity index (χ4n) is 5.15. The van der Waals surface area contributed by atoms with Crippen molar-refractivity contribution in [1.29, 1.82) is 0 Å². The molecule has 2 atom stereocenters. The average Bonchev–Trinajstić information content (AvgIpc) is 3.17. The Bertz CT molecular complexity index is 1460. The zero-order chi connectivity index (χ0) is 26.7. The Morgan fingerprint density at radius 2 is 1.79 bits per heavy atom. The molecule has 0 aliphatic carbocycles. The summed E-state index contributed by atoms with van der Waals surface area (Å²) in [4.78, 5) is 0. The number of ether oxygens (including phenoxy) is 1. The second-order valence-electron chi connectivity index (χ2n) is 9.56. The van der Waals surface area contributed by atoms with Crippen molar-refractivity contribution in [2.24, 2.45) is 0 Å². The zero-order valence-corrected chi connectivity index (χ0v) is 21.5. The molecule has 1 fully saturated rings. The van der Waals surface area contributed by atoms with Crippen LogP contribution >= 0.6 is 0 Å². The van der Waals surface area contributed by atoms with Gasteiger partial charge in [0, 0.05) is 6.32 Å². The summed E-state index contributed by atoms with van der Waals surface area (Å²) >= 11 is 0. The lowest BCUT2D eigenvalue weighted by molar-refractivity contribution is 0.170. The fourth-order valence-corrected chi connectivity index (χ4v) is 7.25. The molecule has 2 aliphatic heterocycles. The van der Waals surface area contributed by atoms with Crippen molar-refractivity contribution in [3.05, 3.63) is 107 Å². The van der Waals surface area contributed by atoms with E-state index in [4.69, 9.17) is 9.39 Å². The minimum absolute atomic E-state index is 0.00281. The first kappa shape index (κ1) is 26.2. The molecule has 2 heterocycles. The van der Waals surface area contributed by atoms with Gasteiger partial charge in [-0.2, -0.15) is 0 Å². The van der Waals surface area contributed by atoms with Crippen molar-refractivity contribution in [1.82, 2.24) is 0 Å². The number of hydrogen-bond donors (Lipinski definition) is 2. The molecule has 0 saturated carbocycles. The number of phenolic OH excluding ortho intramolecular Hbond substituents is 1. The molecule has 5 rings (SSSR count). The van der Waals surface area contributed by atoms with Crippen LogP contribution in [0.25, 0.3) is 11.6 Å². The van der Waals surface area contributed by atoms with Crippen LogP contribution in [0.3, 0.4) is 0 Å². The largest absolute Gasteiger partial charge is 0.505 e. The molecule has 9 heteroatoms. The van der Waals surface area contributed by atoms with Crippen molar-refractivity contribution in [3.63, 3.8) is 0 Å². The van der Waals surface area contributed by atoms with Crippen LogP contribution in [-0.4, -0.2) is 49.4 Å². The molecule has 0 radical (unpaired) electrons. The van der Waals surface area contributed by atoms with Gasteiger partial charge in [0.2, 0.25) is 0 Å². The minimum atomic E-state index is -3.49. The molecule has 196 valence electrons. The lowest BCUT2D eigenvalue weighted by Crippen LogP contribution is -2.42. The Kier molecular flexibility index (Phi) is 7.69. The second-order valence-corrected chi connectivity index (χ2v) is 11.7. The predicted octanol–water partition coefficient (Wildman–Crippen LogP) is 4.90. The summed E-state index contributed by atoms with van der Waals surface area (Å²) in [7, 11) is -4.68. The molecule has 6 nitrogen and oxygen atoms in total. The van der Waals surface area contributed by atoms with Gasteiger partial charge in [-0.1, -0.05) is 60.7 Å². The number of hydrogen-bond acceptors (Lipinski definition) is 6. The maximum atomic E-state index is 14.0. The Morgan fingerprint density at radius 3 is 2.50 bits per heavy atom. The van der Waals surface area contributed by atoms with E-state index in [2.05, 4.69) is 0 Å². The lowest BCUT2D eigenvalue weighted by atomic mass is 9.74. The summed E-state index contributed by atoms with van der Waals surface area (Å²) in [6.07, 6.45) is 2.12. The zero-order valence-electron chi connectivity index (χ0n) is 20.7. The van der Waals surface area contributed by atoms with Crippen LogP contribution in [0.15, 0.2) is 90.0 Å². The van der Waals surface area contributed by atoms with Crippen molar-refractivity contribution in [2.45, 2.75) is 30.5 Å². The third-order valence-electron chi connectivity index (χ3n) is 6.94. The highest BCUT2D eigenvalue weighted by Gasteiger charge is 2.48. The molecule has 0 bridgehead atoms. The van der Waals surface area contributed by atoms with E-state index in [0.29, 0.717) is 35.3 Å². The molecule has 0 aromatic heterocycles. The SMILES string of the molecule is O=S1(=O)CC(COc2ccccc2)=C2[C@@H](CC/C(=C/c3ccc(O)c(F)c3)c3ccccc3)OB(O)C[C@@H]21. The topological polar surface area (TPSA) is 93.1 Å². The smallest absolute Gasteiger partial charge is 0.456 e. The first-order valence-electron chi connectivity index (χ1n) is 12.5. The summed E-state index contributed by atoms with van der Waals surface area (Å²) in [5.41, 5.74) is 3.74. The van der Waals surface area contributed by atoms with Gasteiger partial charge < -0.3 is 19.5 Å². The molecule has 0 spiro atoms. The molecule has 38 heavy (non-hydrogen) atoms. The first-order chi connectivity index (χ1) is 18.3. The molecule has 0 amide bonds. The van der Waals surface area contributed by atoms with E-state index < -0.39 is 39.9 Å². The number of halogens is 1. The van der Waals surface area contributed by atoms with Crippen LogP contribution < -0.4 is 4.74 Å². The summed E-state index contributed by atoms with van der Waals surface area (Å²) in [6.45, 7) is 0.124. The number of benzene rings is 3. The highest BCUT2D eigenvalue weighted by atomic mass is 32.2. The van der Waals surface area contributed by atoms with E-state index in [1.165, 1.54) is 12.1 Å². The maximum absolute atomic E-state index is 14.0. The van der Waals surface area contributed by atoms with Crippen LogP contribution in [0, 0.1) is 5.82 Å². The van der Waals surface area contributed by atoms with Gasteiger partial charge >= 0.3 is 7.12 Å². The van der Waals surface area contributed by atoms with Gasteiger partial charge in [0.1, 0.15) is 12.4 Å². The van der Waals surface area contributed by atoms with Gasteiger partial charge in [-0.25, -0.2) is 12.8 Å². The number of allylic oxidation sites excluding steroid dienone is 1. The molecule has 3 aromatic rings. The number of sulfone groups is 1. The molecule has 2 N–H and O–H groups in total. The van der Waals surface area contributed by atoms with Crippen LogP contribution in [0.2, 0.25) is 6.32 Å². The number of phenols is 1.